The lowest BCUT2D eigenvalue weighted by molar-refractivity contribution is -0.128. The number of carbonyl (C=O) groups excluding carboxylic acids is 2. The molecule has 26 heavy (non-hydrogen) atoms. The fourth-order valence-electron chi connectivity index (χ4n) is 2.87. The van der Waals surface area contributed by atoms with Gasteiger partial charge >= 0.3 is 0 Å². The summed E-state index contributed by atoms with van der Waals surface area (Å²) in [7, 11) is 0. The van der Waals surface area contributed by atoms with Crippen molar-refractivity contribution in [3.63, 3.8) is 0 Å². The summed E-state index contributed by atoms with van der Waals surface area (Å²) >= 11 is 0. The molecule has 0 saturated carbocycles. The molecule has 1 atom stereocenters. The minimum absolute atomic E-state index is 0.0103. The number of aromatic nitrogens is 2. The van der Waals surface area contributed by atoms with E-state index in [-0.39, 0.29) is 5.69 Å². The quantitative estimate of drug-likeness (QED) is 0.589. The summed E-state index contributed by atoms with van der Waals surface area (Å²) in [5.41, 5.74) is 5.21. The maximum Gasteiger partial charge on any atom is 0.290 e. The number of nitrogens with one attached hydrogen (secondary N) is 3. The molecule has 2 aromatic carbocycles. The average Bonchev–Trinajstić information content (AvgIpc) is 3.11. The molecule has 0 unspecified atom stereocenters. The lowest BCUT2D eigenvalue weighted by Gasteiger charge is -2.12. The van der Waals surface area contributed by atoms with Crippen LogP contribution in [0.15, 0.2) is 53.3 Å². The minimum atomic E-state index is -0.715. The van der Waals surface area contributed by atoms with Crippen molar-refractivity contribution in [1.29, 1.82) is 0 Å². The molecule has 2 amide bonds. The number of para-hydroxylation sites is 1. The number of hydrogen-bond acceptors (Lipinski definition) is 5. The van der Waals surface area contributed by atoms with Crippen LogP contribution in [0.25, 0.3) is 10.8 Å². The predicted molar refractivity (Wildman–Crippen MR) is 92.5 cm³/mol. The molecular weight excluding hydrogens is 336 g/mol. The molecule has 1 aromatic heterocycles. The number of benzene rings is 2. The van der Waals surface area contributed by atoms with Crippen molar-refractivity contribution in [3.8, 4) is 5.75 Å². The monoisotopic (exact) mass is 350 g/mol. The van der Waals surface area contributed by atoms with Gasteiger partial charge in [-0.2, -0.15) is 5.10 Å². The molecule has 1 aliphatic rings. The molecule has 8 nitrogen and oxygen atoms in total. The Balaban J connectivity index is 1.46. The molecule has 0 bridgehead atoms. The third-order valence-electron chi connectivity index (χ3n) is 4.15. The fraction of sp³-hybridized carbons (Fsp3) is 0.111. The van der Waals surface area contributed by atoms with Crippen LogP contribution in [0.1, 0.15) is 16.1 Å². The van der Waals surface area contributed by atoms with Crippen molar-refractivity contribution in [2.75, 3.05) is 0 Å². The Morgan fingerprint density at radius 2 is 1.77 bits per heavy atom. The van der Waals surface area contributed by atoms with Crippen molar-refractivity contribution in [2.24, 2.45) is 0 Å². The highest BCUT2D eigenvalue weighted by Crippen LogP contribution is 2.27. The van der Waals surface area contributed by atoms with Gasteiger partial charge in [0.05, 0.1) is 5.39 Å². The minimum Gasteiger partial charge on any atom is -0.480 e. The topological polar surface area (TPSA) is 113 Å². The smallest absolute Gasteiger partial charge is 0.290 e. The summed E-state index contributed by atoms with van der Waals surface area (Å²) in [5.74, 6) is -0.447. The first kappa shape index (κ1) is 15.8. The second-order valence-corrected chi connectivity index (χ2v) is 5.81. The summed E-state index contributed by atoms with van der Waals surface area (Å²) in [6.07, 6.45) is -0.287. The van der Waals surface area contributed by atoms with Gasteiger partial charge in [0.1, 0.15) is 5.75 Å². The van der Waals surface area contributed by atoms with E-state index in [9.17, 15) is 14.4 Å². The number of hydrogen-bond donors (Lipinski definition) is 3. The van der Waals surface area contributed by atoms with Crippen LogP contribution >= 0.6 is 0 Å². The summed E-state index contributed by atoms with van der Waals surface area (Å²) < 4.78 is 5.57. The molecule has 2 heterocycles. The largest absolute Gasteiger partial charge is 0.480 e. The predicted octanol–water partition coefficient (Wildman–Crippen LogP) is 0.688. The van der Waals surface area contributed by atoms with E-state index in [1.807, 2.05) is 18.2 Å². The van der Waals surface area contributed by atoms with Crippen molar-refractivity contribution < 1.29 is 14.3 Å². The first-order chi connectivity index (χ1) is 12.6. The van der Waals surface area contributed by atoms with E-state index in [0.29, 0.717) is 22.9 Å². The Hall–Kier alpha value is -3.68. The lowest BCUT2D eigenvalue weighted by Crippen LogP contribution is -2.48. The van der Waals surface area contributed by atoms with Crippen LogP contribution in [-0.2, 0) is 11.2 Å². The van der Waals surface area contributed by atoms with Gasteiger partial charge in [-0.3, -0.25) is 25.2 Å². The van der Waals surface area contributed by atoms with Crippen molar-refractivity contribution in [1.82, 2.24) is 21.0 Å². The molecule has 4 rings (SSSR count). The van der Waals surface area contributed by atoms with Gasteiger partial charge in [0, 0.05) is 11.8 Å². The summed E-state index contributed by atoms with van der Waals surface area (Å²) in [5, 5.41) is 6.79. The van der Waals surface area contributed by atoms with Crippen molar-refractivity contribution in [3.05, 3.63) is 70.1 Å². The molecule has 8 heteroatoms. The van der Waals surface area contributed by atoms with Gasteiger partial charge in [-0.25, -0.2) is 5.10 Å². The Kier molecular flexibility index (Phi) is 3.85. The summed E-state index contributed by atoms with van der Waals surface area (Å²) in [4.78, 5) is 36.4. The number of nitrogens with zero attached hydrogens (tertiary/aromatic N) is 1. The number of ether oxygens (including phenoxy) is 1. The van der Waals surface area contributed by atoms with Crippen molar-refractivity contribution in [2.45, 2.75) is 12.5 Å². The van der Waals surface area contributed by atoms with Gasteiger partial charge < -0.3 is 4.74 Å². The third-order valence-corrected chi connectivity index (χ3v) is 4.15. The van der Waals surface area contributed by atoms with E-state index in [1.165, 1.54) is 0 Å². The van der Waals surface area contributed by atoms with Gasteiger partial charge in [-0.1, -0.05) is 36.4 Å². The molecule has 3 aromatic rings. The number of aromatic amines is 1. The Morgan fingerprint density at radius 1 is 1.04 bits per heavy atom. The molecular formula is C18H14N4O4. The zero-order valence-electron chi connectivity index (χ0n) is 13.5. The van der Waals surface area contributed by atoms with Gasteiger partial charge in [0.25, 0.3) is 17.4 Å². The van der Waals surface area contributed by atoms with Crippen molar-refractivity contribution >= 4 is 22.6 Å². The highest BCUT2D eigenvalue weighted by Gasteiger charge is 2.29. The molecule has 0 fully saturated rings. The molecule has 3 N–H and O–H groups in total. The average molecular weight is 350 g/mol. The van der Waals surface area contributed by atoms with Crippen LogP contribution in [0.2, 0.25) is 0 Å². The molecule has 0 saturated heterocycles. The summed E-state index contributed by atoms with van der Waals surface area (Å²) in [6.45, 7) is 0. The van der Waals surface area contributed by atoms with E-state index in [1.54, 1.807) is 30.3 Å². The number of rotatable bonds is 2. The van der Waals surface area contributed by atoms with Crippen LogP contribution in [-0.4, -0.2) is 28.1 Å². The Labute approximate surface area is 147 Å². The van der Waals surface area contributed by atoms with Crippen LogP contribution in [0, 0.1) is 0 Å². The fourth-order valence-corrected chi connectivity index (χ4v) is 2.87. The third kappa shape index (κ3) is 2.77. The zero-order chi connectivity index (χ0) is 18.1. The van der Waals surface area contributed by atoms with E-state index < -0.39 is 23.5 Å². The van der Waals surface area contributed by atoms with Crippen LogP contribution in [0.4, 0.5) is 0 Å². The van der Waals surface area contributed by atoms with E-state index in [4.69, 9.17) is 4.74 Å². The van der Waals surface area contributed by atoms with E-state index in [0.717, 1.165) is 5.56 Å². The molecule has 1 aliphatic heterocycles. The molecule has 130 valence electrons. The van der Waals surface area contributed by atoms with Crippen LogP contribution < -0.4 is 21.1 Å². The first-order valence-electron chi connectivity index (χ1n) is 7.95. The SMILES string of the molecule is O=C(NNC(=O)[C@@H]1Cc2ccccc2O1)c1n[nH]c(=O)c2ccccc12. The second-order valence-electron chi connectivity index (χ2n) is 5.81. The molecule has 0 aliphatic carbocycles. The molecule has 0 spiro atoms. The Morgan fingerprint density at radius 3 is 2.58 bits per heavy atom. The number of carbonyl (C=O) groups is 2. The number of amides is 2. The maximum absolute atomic E-state index is 12.4. The van der Waals surface area contributed by atoms with Crippen LogP contribution in [0.3, 0.4) is 0 Å². The van der Waals surface area contributed by atoms with Gasteiger partial charge in [0.15, 0.2) is 11.8 Å². The van der Waals surface area contributed by atoms with Gasteiger partial charge in [-0.05, 0) is 17.7 Å². The normalized spacial score (nSPS) is 15.2. The second kappa shape index (κ2) is 6.32. The summed E-state index contributed by atoms with van der Waals surface area (Å²) in [6, 6.07) is 14.0. The van der Waals surface area contributed by atoms with E-state index in [2.05, 4.69) is 21.0 Å². The first-order valence-corrected chi connectivity index (χ1v) is 7.95. The lowest BCUT2D eigenvalue weighted by atomic mass is 10.1. The number of hydrazine groups is 1. The number of H-pyrrole nitrogens is 1. The van der Waals surface area contributed by atoms with Crippen LogP contribution in [0.5, 0.6) is 5.75 Å². The maximum atomic E-state index is 12.4. The molecule has 0 radical (unpaired) electrons. The zero-order valence-corrected chi connectivity index (χ0v) is 13.5. The van der Waals surface area contributed by atoms with E-state index >= 15 is 0 Å². The van der Waals surface area contributed by atoms with Gasteiger partial charge in [-0.15, -0.1) is 0 Å². The van der Waals surface area contributed by atoms with Gasteiger partial charge in [0.2, 0.25) is 0 Å². The standard InChI is InChI=1S/C18H14N4O4/c23-16-12-7-3-2-6-11(12)15(19-20-16)18(25)22-21-17(24)14-9-10-5-1-4-8-13(10)26-14/h1-8,14H,9H2,(H,20,23)(H,21,24)(H,22,25)/t14-/m0/s1. The highest BCUT2D eigenvalue weighted by molar-refractivity contribution is 6.05. The highest BCUT2D eigenvalue weighted by atomic mass is 16.5. The Bertz CT molecular complexity index is 1050. The number of fused-ring (bicyclic) bond motifs is 2.